The number of benzene rings is 3. The van der Waals surface area contributed by atoms with Crippen LogP contribution >= 0.6 is 7.26 Å². The third-order valence-corrected chi connectivity index (χ3v) is 13.1. The Morgan fingerprint density at radius 2 is 1.26 bits per heavy atom. The van der Waals surface area contributed by atoms with Crippen molar-refractivity contribution in [3.8, 4) is 0 Å². The van der Waals surface area contributed by atoms with Crippen molar-refractivity contribution in [1.29, 1.82) is 0 Å². The summed E-state index contributed by atoms with van der Waals surface area (Å²) >= 11 is 0. The molecule has 0 spiro atoms. The molecule has 0 bridgehead atoms. The monoisotopic (exact) mass is 532 g/mol. The molecule has 0 nitrogen and oxygen atoms in total. The fraction of sp³-hybridized carbons (Fsp3) is 0.263. The van der Waals surface area contributed by atoms with E-state index in [2.05, 4.69) is 162 Å². The van der Waals surface area contributed by atoms with Crippen LogP contribution in [0.25, 0.3) is 0 Å². The Morgan fingerprint density at radius 3 is 1.74 bits per heavy atom. The summed E-state index contributed by atoms with van der Waals surface area (Å²) in [6, 6.07) is 33.5. The molecule has 0 atom stereocenters. The van der Waals surface area contributed by atoms with Crippen LogP contribution in [0.1, 0.15) is 53.9 Å². The van der Waals surface area contributed by atoms with E-state index in [1.807, 2.05) is 0 Å². The van der Waals surface area contributed by atoms with Gasteiger partial charge in [-0.2, -0.15) is 0 Å². The molecule has 0 N–H and O–H groups in total. The number of hydrogen-bond acceptors (Lipinski definition) is 0. The normalized spacial score (nSPS) is 17.3. The average molecular weight is 533 g/mol. The standard InChI is InChI=1S/C38H45P/c1-31(26-27-37-33(3)19-16-29-38(37,4)5)17-15-18-32(2)28-30-39(34-20-9-6-10-21-34,35-22-11-7-12-23-35)36-24-13-8-14-25-36/h6-15,17-18,20-28,39H,16,19,29-30H2,1-5H3/b18-15+,27-26+,31-17-,32-28+. The first-order valence-electron chi connectivity index (χ1n) is 14.4. The Labute approximate surface area is 237 Å². The van der Waals surface area contributed by atoms with Crippen molar-refractivity contribution >= 4 is 23.2 Å². The van der Waals surface area contributed by atoms with E-state index >= 15 is 0 Å². The van der Waals surface area contributed by atoms with Crippen LogP contribution in [0.5, 0.6) is 0 Å². The summed E-state index contributed by atoms with van der Waals surface area (Å²) in [5, 5.41) is 4.35. The van der Waals surface area contributed by atoms with Gasteiger partial charge < -0.3 is 0 Å². The molecule has 0 aromatic heterocycles. The van der Waals surface area contributed by atoms with Crippen LogP contribution in [0.3, 0.4) is 0 Å². The molecule has 0 saturated heterocycles. The van der Waals surface area contributed by atoms with Gasteiger partial charge >= 0.3 is 232 Å². The zero-order chi connectivity index (χ0) is 27.7. The van der Waals surface area contributed by atoms with Gasteiger partial charge in [-0.25, -0.2) is 0 Å². The molecular weight excluding hydrogens is 487 g/mol. The molecule has 0 unspecified atom stereocenters. The molecule has 0 aliphatic heterocycles. The van der Waals surface area contributed by atoms with Crippen molar-refractivity contribution < 1.29 is 0 Å². The van der Waals surface area contributed by atoms with Gasteiger partial charge in [-0.15, -0.1) is 0 Å². The Balaban J connectivity index is 1.60. The number of allylic oxidation sites excluding steroid dienone is 10. The molecule has 1 heteroatoms. The quantitative estimate of drug-likeness (QED) is 0.190. The van der Waals surface area contributed by atoms with E-state index in [0.29, 0.717) is 0 Å². The van der Waals surface area contributed by atoms with Crippen molar-refractivity contribution in [2.24, 2.45) is 5.41 Å². The van der Waals surface area contributed by atoms with Crippen LogP contribution in [0, 0.1) is 5.41 Å². The minimum Gasteiger partial charge on any atom is -0.0487 e. The first-order valence-corrected chi connectivity index (χ1v) is 16.6. The second kappa shape index (κ2) is 13.2. The van der Waals surface area contributed by atoms with Crippen molar-refractivity contribution in [3.05, 3.63) is 150 Å². The second-order valence-electron chi connectivity index (χ2n) is 11.7. The van der Waals surface area contributed by atoms with Crippen LogP contribution in [0.2, 0.25) is 0 Å². The van der Waals surface area contributed by atoms with E-state index < -0.39 is 7.26 Å². The number of hydrogen-bond donors (Lipinski definition) is 0. The molecule has 0 amide bonds. The van der Waals surface area contributed by atoms with E-state index in [9.17, 15) is 0 Å². The summed E-state index contributed by atoms with van der Waals surface area (Å²) < 4.78 is 0. The average Bonchev–Trinajstić information content (AvgIpc) is 2.94. The van der Waals surface area contributed by atoms with Gasteiger partial charge in [0.2, 0.25) is 0 Å². The Bertz CT molecular complexity index is 1270. The fourth-order valence-electron chi connectivity index (χ4n) is 6.04. The van der Waals surface area contributed by atoms with Crippen LogP contribution in [0.15, 0.2) is 150 Å². The van der Waals surface area contributed by atoms with Gasteiger partial charge in [0.15, 0.2) is 0 Å². The minimum atomic E-state index is -2.24. The molecule has 1 aliphatic rings. The molecule has 3 aromatic rings. The third kappa shape index (κ3) is 7.06. The fourth-order valence-corrected chi connectivity index (χ4v) is 10.7. The van der Waals surface area contributed by atoms with Gasteiger partial charge in [-0.05, 0) is 6.42 Å². The van der Waals surface area contributed by atoms with Crippen molar-refractivity contribution in [2.75, 3.05) is 6.16 Å². The molecule has 4 rings (SSSR count). The summed E-state index contributed by atoms with van der Waals surface area (Å²) in [6.07, 6.45) is 18.6. The molecule has 0 heterocycles. The molecule has 0 fully saturated rings. The van der Waals surface area contributed by atoms with E-state index in [1.54, 1.807) is 5.57 Å². The van der Waals surface area contributed by atoms with Crippen molar-refractivity contribution in [1.82, 2.24) is 0 Å². The molecule has 0 saturated carbocycles. The topological polar surface area (TPSA) is 0 Å². The number of rotatable bonds is 9. The minimum absolute atomic E-state index is 0.279. The van der Waals surface area contributed by atoms with Crippen LogP contribution in [-0.2, 0) is 0 Å². The first-order chi connectivity index (χ1) is 18.8. The van der Waals surface area contributed by atoms with Crippen molar-refractivity contribution in [2.45, 2.75) is 53.9 Å². The maximum atomic E-state index is 2.45. The summed E-state index contributed by atoms with van der Waals surface area (Å²) in [5.41, 5.74) is 5.93. The summed E-state index contributed by atoms with van der Waals surface area (Å²) in [7, 11) is -2.24. The van der Waals surface area contributed by atoms with Crippen LogP contribution in [0.4, 0.5) is 0 Å². The molecule has 39 heavy (non-hydrogen) atoms. The van der Waals surface area contributed by atoms with Crippen LogP contribution < -0.4 is 15.9 Å². The second-order valence-corrected chi connectivity index (χ2v) is 15.6. The van der Waals surface area contributed by atoms with Gasteiger partial charge in [-0.1, -0.05) is 0 Å². The maximum absolute atomic E-state index is 2.45. The molecule has 202 valence electrons. The summed E-state index contributed by atoms with van der Waals surface area (Å²) in [6.45, 7) is 11.5. The summed E-state index contributed by atoms with van der Waals surface area (Å²) in [5.74, 6) is 0. The molecule has 1 aliphatic carbocycles. The van der Waals surface area contributed by atoms with E-state index in [0.717, 1.165) is 6.16 Å². The first kappa shape index (κ1) is 28.8. The zero-order valence-electron chi connectivity index (χ0n) is 24.5. The van der Waals surface area contributed by atoms with Crippen LogP contribution in [-0.4, -0.2) is 6.16 Å². The SMILES string of the molecule is CC1=C(/C=C/C(C)=C\C=C\C(C)=C\C[PH](c2ccccc2)(c2ccccc2)c2ccccc2)C(C)(C)CCC1. The Hall–Kier alpha value is -3.21. The van der Waals surface area contributed by atoms with Gasteiger partial charge in [0.25, 0.3) is 0 Å². The predicted octanol–water partition coefficient (Wildman–Crippen LogP) is 9.24. The van der Waals surface area contributed by atoms with Crippen molar-refractivity contribution in [3.63, 3.8) is 0 Å². The molecule has 0 radical (unpaired) electrons. The van der Waals surface area contributed by atoms with E-state index in [-0.39, 0.29) is 5.41 Å². The Kier molecular flexibility index (Phi) is 9.77. The van der Waals surface area contributed by atoms with E-state index in [4.69, 9.17) is 0 Å². The van der Waals surface area contributed by atoms with E-state index in [1.165, 1.54) is 51.9 Å². The van der Waals surface area contributed by atoms with Gasteiger partial charge in [0, 0.05) is 0 Å². The summed E-state index contributed by atoms with van der Waals surface area (Å²) in [4.78, 5) is 0. The predicted molar refractivity (Wildman–Crippen MR) is 178 cm³/mol. The van der Waals surface area contributed by atoms with Gasteiger partial charge in [0.05, 0.1) is 0 Å². The van der Waals surface area contributed by atoms with Gasteiger partial charge in [0.1, 0.15) is 0 Å². The molecule has 3 aromatic carbocycles. The third-order valence-electron chi connectivity index (χ3n) is 8.30. The zero-order valence-corrected chi connectivity index (χ0v) is 25.5. The van der Waals surface area contributed by atoms with Gasteiger partial charge in [-0.3, -0.25) is 0 Å². The Morgan fingerprint density at radius 1 is 0.744 bits per heavy atom. The smallest absolute Gasteiger partial charge is 0.0487 e. The molecular formula is C38H45P.